The Balaban J connectivity index is 1.62. The lowest BCUT2D eigenvalue weighted by atomic mass is 10.2. The second kappa shape index (κ2) is 6.64. The number of piperazine rings is 1. The number of nitrogens with zero attached hydrogens (tertiary/aromatic N) is 4. The summed E-state index contributed by atoms with van der Waals surface area (Å²) >= 11 is 5.93. The van der Waals surface area contributed by atoms with Crippen LogP contribution in [0.3, 0.4) is 0 Å². The van der Waals surface area contributed by atoms with Gasteiger partial charge < -0.3 is 4.90 Å². The summed E-state index contributed by atoms with van der Waals surface area (Å²) in [4.78, 5) is 18.1. The molecule has 0 unspecified atom stereocenters. The quantitative estimate of drug-likeness (QED) is 0.819. The maximum Gasteiger partial charge on any atom is 0.434 e. The van der Waals surface area contributed by atoms with Crippen LogP contribution in [0.2, 0.25) is 5.02 Å². The Morgan fingerprint density at radius 1 is 1.22 bits per heavy atom. The monoisotopic (exact) mass is 338 g/mol. The van der Waals surface area contributed by atoms with Gasteiger partial charge in [0.15, 0.2) is 0 Å². The van der Waals surface area contributed by atoms with Gasteiger partial charge >= 0.3 is 11.3 Å². The molecule has 0 spiro atoms. The lowest BCUT2D eigenvalue weighted by Crippen LogP contribution is -2.59. The molecule has 2 heterocycles. The molecule has 23 heavy (non-hydrogen) atoms. The number of benzene rings is 1. The van der Waals surface area contributed by atoms with E-state index in [0.29, 0.717) is 12.2 Å². The normalized spacial score (nSPS) is 15.9. The summed E-state index contributed by atoms with van der Waals surface area (Å²) in [5, 5.41) is 5.14. The van der Waals surface area contributed by atoms with Crippen LogP contribution in [0, 0.1) is 0 Å². The van der Waals surface area contributed by atoms with Gasteiger partial charge in [-0.1, -0.05) is 11.6 Å². The zero-order valence-corrected chi connectivity index (χ0v) is 14.1. The number of rotatable bonds is 4. The summed E-state index contributed by atoms with van der Waals surface area (Å²) in [5.41, 5.74) is 1.47. The SMILES string of the molecule is CN(C)[n+]1[nH]oc(=O)c1CN1CCN(c2ccc(Cl)cc2)CC1. The minimum absolute atomic E-state index is 0.321. The van der Waals surface area contributed by atoms with Gasteiger partial charge in [0.25, 0.3) is 0 Å². The van der Waals surface area contributed by atoms with Gasteiger partial charge in [-0.15, -0.1) is 0 Å². The Morgan fingerprint density at radius 3 is 2.48 bits per heavy atom. The van der Waals surface area contributed by atoms with Crippen molar-refractivity contribution in [3.63, 3.8) is 0 Å². The Kier molecular flexibility index (Phi) is 4.58. The summed E-state index contributed by atoms with van der Waals surface area (Å²) in [6.45, 7) is 4.18. The second-order valence-corrected chi connectivity index (χ2v) is 6.26. The highest BCUT2D eigenvalue weighted by atomic mass is 35.5. The number of H-pyrrole nitrogens is 1. The second-order valence-electron chi connectivity index (χ2n) is 5.83. The third-order valence-electron chi connectivity index (χ3n) is 4.05. The molecule has 8 heteroatoms. The summed E-state index contributed by atoms with van der Waals surface area (Å²) in [6, 6.07) is 7.90. The first kappa shape index (κ1) is 15.9. The zero-order valence-electron chi connectivity index (χ0n) is 13.3. The average Bonchev–Trinajstić information content (AvgIpc) is 2.90. The van der Waals surface area contributed by atoms with Crippen LogP contribution in [0.1, 0.15) is 5.69 Å². The fourth-order valence-electron chi connectivity index (χ4n) is 2.77. The van der Waals surface area contributed by atoms with Crippen molar-refractivity contribution in [3.05, 3.63) is 45.4 Å². The molecule has 2 aromatic rings. The summed E-state index contributed by atoms with van der Waals surface area (Å²) < 4.78 is 4.89. The van der Waals surface area contributed by atoms with E-state index >= 15 is 0 Å². The maximum absolute atomic E-state index is 11.8. The summed E-state index contributed by atoms with van der Waals surface area (Å²) in [7, 11) is 3.71. The van der Waals surface area contributed by atoms with Crippen LogP contribution in [-0.2, 0) is 6.54 Å². The molecular formula is C15H21ClN5O2+. The number of aromatic amines is 1. The first-order valence-electron chi connectivity index (χ1n) is 7.57. The predicted molar refractivity (Wildman–Crippen MR) is 88.5 cm³/mol. The molecule has 3 rings (SSSR count). The van der Waals surface area contributed by atoms with Gasteiger partial charge in [-0.3, -0.25) is 9.42 Å². The van der Waals surface area contributed by atoms with Crippen molar-refractivity contribution < 1.29 is 9.31 Å². The smallest absolute Gasteiger partial charge is 0.369 e. The van der Waals surface area contributed by atoms with E-state index in [9.17, 15) is 4.79 Å². The molecule has 0 atom stereocenters. The molecule has 0 saturated carbocycles. The van der Waals surface area contributed by atoms with E-state index in [0.717, 1.165) is 31.2 Å². The van der Waals surface area contributed by atoms with Gasteiger partial charge in [0.1, 0.15) is 0 Å². The van der Waals surface area contributed by atoms with Gasteiger partial charge in [-0.25, -0.2) is 4.79 Å². The first-order valence-corrected chi connectivity index (χ1v) is 7.95. The van der Waals surface area contributed by atoms with Crippen molar-refractivity contribution >= 4 is 17.3 Å². The average molecular weight is 339 g/mol. The van der Waals surface area contributed by atoms with Crippen LogP contribution >= 0.6 is 11.6 Å². The number of halogens is 1. The van der Waals surface area contributed by atoms with Crippen LogP contribution in [0.15, 0.2) is 33.6 Å². The molecule has 1 saturated heterocycles. The number of nitrogens with one attached hydrogen (secondary N) is 1. The number of anilines is 1. The third kappa shape index (κ3) is 3.51. The molecule has 7 nitrogen and oxygen atoms in total. The minimum atomic E-state index is -0.321. The highest BCUT2D eigenvalue weighted by Crippen LogP contribution is 2.19. The lowest BCUT2D eigenvalue weighted by Gasteiger charge is -2.35. The van der Waals surface area contributed by atoms with Crippen molar-refractivity contribution in [2.24, 2.45) is 0 Å². The Labute approximate surface area is 139 Å². The predicted octanol–water partition coefficient (Wildman–Crippen LogP) is 0.429. The molecule has 0 bridgehead atoms. The van der Waals surface area contributed by atoms with Gasteiger partial charge in [-0.05, 0) is 24.3 Å². The van der Waals surface area contributed by atoms with E-state index in [1.54, 1.807) is 9.80 Å². The molecule has 0 radical (unpaired) electrons. The van der Waals surface area contributed by atoms with E-state index in [-0.39, 0.29) is 5.63 Å². The van der Waals surface area contributed by atoms with E-state index in [4.69, 9.17) is 16.1 Å². The minimum Gasteiger partial charge on any atom is -0.369 e. The van der Waals surface area contributed by atoms with Crippen LogP contribution < -0.4 is 20.3 Å². The van der Waals surface area contributed by atoms with Gasteiger partial charge in [0, 0.05) is 47.0 Å². The summed E-state index contributed by atoms with van der Waals surface area (Å²) in [6.07, 6.45) is 0. The first-order chi connectivity index (χ1) is 11.0. The van der Waals surface area contributed by atoms with Crippen LogP contribution in [0.5, 0.6) is 0 Å². The number of hydrogen-bond donors (Lipinski definition) is 1. The summed E-state index contributed by atoms with van der Waals surface area (Å²) in [5.74, 6) is 0. The van der Waals surface area contributed by atoms with Crippen LogP contribution in [-0.4, -0.2) is 50.4 Å². The van der Waals surface area contributed by atoms with E-state index in [1.165, 1.54) is 5.69 Å². The molecule has 1 aromatic heterocycles. The van der Waals surface area contributed by atoms with Crippen molar-refractivity contribution in [2.45, 2.75) is 6.54 Å². The van der Waals surface area contributed by atoms with Crippen molar-refractivity contribution in [1.29, 1.82) is 0 Å². The Morgan fingerprint density at radius 2 is 1.87 bits per heavy atom. The molecule has 1 aromatic carbocycles. The van der Waals surface area contributed by atoms with Gasteiger partial charge in [-0.2, -0.15) is 5.01 Å². The Bertz CT molecular complexity index is 701. The fourth-order valence-corrected chi connectivity index (χ4v) is 2.89. The molecule has 1 fully saturated rings. The Hall–Kier alpha value is -1.99. The van der Waals surface area contributed by atoms with Gasteiger partial charge in [0.2, 0.25) is 0 Å². The molecule has 1 N–H and O–H groups in total. The molecule has 1 aliphatic rings. The van der Waals surface area contributed by atoms with E-state index in [2.05, 4.69) is 15.1 Å². The van der Waals surface area contributed by atoms with Crippen LogP contribution in [0.25, 0.3) is 0 Å². The largest absolute Gasteiger partial charge is 0.434 e. The zero-order chi connectivity index (χ0) is 16.4. The molecule has 1 aliphatic heterocycles. The standard InChI is InChI=1S/C15H20ClN5O2/c1-18(2)21-14(15(22)23-17-21)11-19-7-9-20(10-8-19)13-5-3-12(16)4-6-13/h3-6H,7-11H2,1-2H3/p+1. The van der Waals surface area contributed by atoms with Crippen molar-refractivity contribution in [2.75, 3.05) is 50.2 Å². The number of aromatic nitrogens is 2. The van der Waals surface area contributed by atoms with E-state index < -0.39 is 0 Å². The topological polar surface area (TPSA) is 59.6 Å². The van der Waals surface area contributed by atoms with Crippen molar-refractivity contribution in [1.82, 2.24) is 10.2 Å². The van der Waals surface area contributed by atoms with E-state index in [1.807, 2.05) is 38.4 Å². The van der Waals surface area contributed by atoms with Crippen molar-refractivity contribution in [3.8, 4) is 0 Å². The highest BCUT2D eigenvalue weighted by molar-refractivity contribution is 6.30. The molecule has 0 amide bonds. The molecular weight excluding hydrogens is 318 g/mol. The van der Waals surface area contributed by atoms with Crippen LogP contribution in [0.4, 0.5) is 5.69 Å². The maximum atomic E-state index is 11.8. The fraction of sp³-hybridized carbons (Fsp3) is 0.467. The number of hydrogen-bond acceptors (Lipinski definition) is 5. The molecule has 124 valence electrons. The highest BCUT2D eigenvalue weighted by Gasteiger charge is 2.27. The third-order valence-corrected chi connectivity index (χ3v) is 4.31. The molecule has 0 aliphatic carbocycles. The lowest BCUT2D eigenvalue weighted by molar-refractivity contribution is -0.760. The van der Waals surface area contributed by atoms with Gasteiger partial charge in [0.05, 0.1) is 20.6 Å².